The molecule has 1 N–H and O–H groups in total. The summed E-state index contributed by atoms with van der Waals surface area (Å²) in [5.41, 5.74) is 0.728. The first-order valence-electron chi connectivity index (χ1n) is 5.97. The predicted molar refractivity (Wildman–Crippen MR) is 76.6 cm³/mol. The average molecular weight is 338 g/mol. The lowest BCUT2D eigenvalue weighted by atomic mass is 10.1. The maximum atomic E-state index is 12.1. The first-order valence-corrected chi connectivity index (χ1v) is 8.34. The first-order chi connectivity index (χ1) is 9.31. The summed E-state index contributed by atoms with van der Waals surface area (Å²) in [5.74, 6) is -2.25. The normalized spacial score (nSPS) is 20.2. The molecule has 1 aromatic carbocycles. The van der Waals surface area contributed by atoms with E-state index in [0.717, 1.165) is 5.56 Å². The predicted octanol–water partition coefficient (Wildman–Crippen LogP) is 2.54. The third-order valence-electron chi connectivity index (χ3n) is 3.20. The van der Waals surface area contributed by atoms with E-state index in [0.29, 0.717) is 29.4 Å². The molecule has 5 nitrogen and oxygen atoms in total. The molecule has 1 heterocycles. The quantitative estimate of drug-likeness (QED) is 0.916. The Morgan fingerprint density at radius 1 is 1.35 bits per heavy atom. The Bertz CT molecular complexity index is 632. The largest absolute Gasteiger partial charge is 0.480 e. The first kappa shape index (κ1) is 15.6. The number of nitrogens with zero attached hydrogens (tertiary/aromatic N) is 1. The van der Waals surface area contributed by atoms with E-state index < -0.39 is 21.7 Å². The molecule has 1 fully saturated rings. The molecule has 0 amide bonds. The zero-order valence-electron chi connectivity index (χ0n) is 10.4. The highest BCUT2D eigenvalue weighted by Gasteiger charge is 2.36. The molecular weight excluding hydrogens is 325 g/mol. The molecule has 0 aliphatic carbocycles. The van der Waals surface area contributed by atoms with E-state index in [1.54, 1.807) is 18.2 Å². The summed E-state index contributed by atoms with van der Waals surface area (Å²) < 4.78 is 25.4. The smallest absolute Gasteiger partial charge is 0.320 e. The number of carboxylic acid groups (broad SMARTS) is 1. The van der Waals surface area contributed by atoms with Crippen LogP contribution in [0.1, 0.15) is 24.4 Å². The molecule has 20 heavy (non-hydrogen) atoms. The maximum Gasteiger partial charge on any atom is 0.320 e. The second-order valence-electron chi connectivity index (χ2n) is 4.59. The SMILES string of the molecule is O=C(O)CS(=O)(=O)N1CCCC1c1ccc(Cl)c(Cl)c1. The molecule has 1 aliphatic rings. The van der Waals surface area contributed by atoms with Crippen LogP contribution in [-0.2, 0) is 14.8 Å². The van der Waals surface area contributed by atoms with Crippen molar-refractivity contribution >= 4 is 39.2 Å². The lowest BCUT2D eigenvalue weighted by molar-refractivity contribution is -0.134. The molecular formula is C12H13Cl2NO4S. The van der Waals surface area contributed by atoms with E-state index in [1.807, 2.05) is 0 Å². The van der Waals surface area contributed by atoms with Crippen molar-refractivity contribution in [3.8, 4) is 0 Å². The van der Waals surface area contributed by atoms with Gasteiger partial charge in [0.25, 0.3) is 0 Å². The fourth-order valence-corrected chi connectivity index (χ4v) is 4.17. The van der Waals surface area contributed by atoms with Gasteiger partial charge in [-0.2, -0.15) is 4.31 Å². The Hall–Kier alpha value is -0.820. The van der Waals surface area contributed by atoms with Gasteiger partial charge in [-0.25, -0.2) is 8.42 Å². The molecule has 1 unspecified atom stereocenters. The number of carboxylic acids is 1. The topological polar surface area (TPSA) is 74.7 Å². The third kappa shape index (κ3) is 3.25. The zero-order valence-corrected chi connectivity index (χ0v) is 12.7. The summed E-state index contributed by atoms with van der Waals surface area (Å²) in [6.45, 7) is 0.320. The van der Waals surface area contributed by atoms with Gasteiger partial charge >= 0.3 is 5.97 Å². The van der Waals surface area contributed by atoms with Gasteiger partial charge in [0, 0.05) is 12.6 Å². The minimum absolute atomic E-state index is 0.320. The van der Waals surface area contributed by atoms with Crippen molar-refractivity contribution in [2.45, 2.75) is 18.9 Å². The summed E-state index contributed by atoms with van der Waals surface area (Å²) in [6, 6.07) is 4.57. The monoisotopic (exact) mass is 337 g/mol. The van der Waals surface area contributed by atoms with Crippen LogP contribution in [0, 0.1) is 0 Å². The third-order valence-corrected chi connectivity index (χ3v) is 5.70. The Labute approximate surface area is 127 Å². The number of hydrogen-bond acceptors (Lipinski definition) is 3. The van der Waals surface area contributed by atoms with Crippen molar-refractivity contribution in [1.82, 2.24) is 4.31 Å². The summed E-state index contributed by atoms with van der Waals surface area (Å²) >= 11 is 11.8. The van der Waals surface area contributed by atoms with Crippen molar-refractivity contribution in [3.05, 3.63) is 33.8 Å². The molecule has 1 atom stereocenters. The van der Waals surface area contributed by atoms with Crippen LogP contribution >= 0.6 is 23.2 Å². The Kier molecular flexibility index (Phi) is 4.59. The number of carbonyl (C=O) groups is 1. The standard InChI is InChI=1S/C12H13Cl2NO4S/c13-9-4-3-8(6-10(9)14)11-2-1-5-15(11)20(18,19)7-12(16)17/h3-4,6,11H,1-2,5,7H2,(H,16,17). The van der Waals surface area contributed by atoms with Gasteiger partial charge in [-0.1, -0.05) is 29.3 Å². The zero-order chi connectivity index (χ0) is 14.9. The Balaban J connectivity index is 2.31. The molecule has 0 spiro atoms. The summed E-state index contributed by atoms with van der Waals surface area (Å²) in [5, 5.41) is 9.45. The number of aliphatic carboxylic acids is 1. The van der Waals surface area contributed by atoms with Gasteiger partial charge in [0.1, 0.15) is 0 Å². The van der Waals surface area contributed by atoms with E-state index in [9.17, 15) is 13.2 Å². The Morgan fingerprint density at radius 2 is 2.05 bits per heavy atom. The van der Waals surface area contributed by atoms with Gasteiger partial charge in [-0.3, -0.25) is 4.79 Å². The second kappa shape index (κ2) is 5.89. The fourth-order valence-electron chi connectivity index (χ4n) is 2.36. The van der Waals surface area contributed by atoms with E-state index >= 15 is 0 Å². The van der Waals surface area contributed by atoms with Crippen LogP contribution in [0.25, 0.3) is 0 Å². The second-order valence-corrected chi connectivity index (χ2v) is 7.33. The van der Waals surface area contributed by atoms with E-state index in [2.05, 4.69) is 0 Å². The molecule has 0 aromatic heterocycles. The molecule has 110 valence electrons. The highest BCUT2D eigenvalue weighted by Crippen LogP contribution is 2.36. The molecule has 2 rings (SSSR count). The average Bonchev–Trinajstić information content (AvgIpc) is 2.81. The van der Waals surface area contributed by atoms with Crippen LogP contribution in [0.15, 0.2) is 18.2 Å². The van der Waals surface area contributed by atoms with E-state index in [1.165, 1.54) is 4.31 Å². The summed E-state index contributed by atoms with van der Waals surface area (Å²) in [7, 11) is -3.82. The highest BCUT2D eigenvalue weighted by atomic mass is 35.5. The van der Waals surface area contributed by atoms with Gasteiger partial charge < -0.3 is 5.11 Å². The van der Waals surface area contributed by atoms with Crippen molar-refractivity contribution in [2.24, 2.45) is 0 Å². The van der Waals surface area contributed by atoms with Crippen molar-refractivity contribution in [1.29, 1.82) is 0 Å². The molecule has 1 aliphatic heterocycles. The lowest BCUT2D eigenvalue weighted by Gasteiger charge is -2.23. The molecule has 1 aromatic rings. The van der Waals surface area contributed by atoms with Crippen LogP contribution < -0.4 is 0 Å². The van der Waals surface area contributed by atoms with Crippen molar-refractivity contribution in [3.63, 3.8) is 0 Å². The lowest BCUT2D eigenvalue weighted by Crippen LogP contribution is -2.35. The minimum Gasteiger partial charge on any atom is -0.480 e. The van der Waals surface area contributed by atoms with E-state index in [-0.39, 0.29) is 6.04 Å². The van der Waals surface area contributed by atoms with Crippen LogP contribution in [0.2, 0.25) is 10.0 Å². The van der Waals surface area contributed by atoms with Crippen LogP contribution in [0.5, 0.6) is 0 Å². The van der Waals surface area contributed by atoms with Crippen molar-refractivity contribution in [2.75, 3.05) is 12.3 Å². The number of sulfonamides is 1. The summed E-state index contributed by atoms with van der Waals surface area (Å²) in [6.07, 6.45) is 1.32. The van der Waals surface area contributed by atoms with Crippen LogP contribution in [-0.4, -0.2) is 36.1 Å². The molecule has 0 saturated carbocycles. The van der Waals surface area contributed by atoms with Crippen LogP contribution in [0.3, 0.4) is 0 Å². The fraction of sp³-hybridized carbons (Fsp3) is 0.417. The minimum atomic E-state index is -3.82. The summed E-state index contributed by atoms with van der Waals surface area (Å²) in [4.78, 5) is 10.7. The number of rotatable bonds is 4. The number of benzene rings is 1. The highest BCUT2D eigenvalue weighted by molar-refractivity contribution is 7.89. The molecule has 0 radical (unpaired) electrons. The molecule has 1 saturated heterocycles. The van der Waals surface area contributed by atoms with Gasteiger partial charge in [0.2, 0.25) is 10.0 Å². The van der Waals surface area contributed by atoms with Gasteiger partial charge in [0.15, 0.2) is 5.75 Å². The van der Waals surface area contributed by atoms with Crippen molar-refractivity contribution < 1.29 is 18.3 Å². The number of hydrogen-bond donors (Lipinski definition) is 1. The van der Waals surface area contributed by atoms with Crippen LogP contribution in [0.4, 0.5) is 0 Å². The van der Waals surface area contributed by atoms with Gasteiger partial charge in [-0.15, -0.1) is 0 Å². The molecule has 0 bridgehead atoms. The number of halogens is 2. The van der Waals surface area contributed by atoms with E-state index in [4.69, 9.17) is 28.3 Å². The van der Waals surface area contributed by atoms with Gasteiger partial charge in [-0.05, 0) is 30.5 Å². The maximum absolute atomic E-state index is 12.1. The Morgan fingerprint density at radius 3 is 2.65 bits per heavy atom. The molecule has 8 heteroatoms. The van der Waals surface area contributed by atoms with Gasteiger partial charge in [0.05, 0.1) is 10.0 Å².